The lowest BCUT2D eigenvalue weighted by Crippen LogP contribution is -2.43. The summed E-state index contributed by atoms with van der Waals surface area (Å²) in [5, 5.41) is 18.9. The number of hydroxylamine groups is 2. The number of esters is 1. The molecular weight excluding hydrogens is 1630 g/mol. The second kappa shape index (κ2) is 58.6. The third kappa shape index (κ3) is 43.9. The Labute approximate surface area is 725 Å². The van der Waals surface area contributed by atoms with E-state index in [1.54, 1.807) is 107 Å². The maximum absolute atomic E-state index is 12.8. The summed E-state index contributed by atoms with van der Waals surface area (Å²) in [5.74, 6) is -2.11. The van der Waals surface area contributed by atoms with Crippen molar-refractivity contribution >= 4 is 94.4 Å². The Bertz CT molecular complexity index is 3910. The summed E-state index contributed by atoms with van der Waals surface area (Å²) in [6.45, 7) is 31.3. The number of imide groups is 1. The van der Waals surface area contributed by atoms with Gasteiger partial charge in [0.2, 0.25) is 0 Å². The van der Waals surface area contributed by atoms with E-state index < -0.39 is 53.0 Å². The molecule has 680 valence electrons. The molecule has 1 aliphatic heterocycles. The Kier molecular flexibility index (Phi) is 49.2. The predicted octanol–water partition coefficient (Wildman–Crippen LogP) is 7.68. The van der Waals surface area contributed by atoms with Crippen molar-refractivity contribution in [3.8, 4) is 28.7 Å². The van der Waals surface area contributed by atoms with Crippen LogP contribution in [0.15, 0.2) is 182 Å². The number of allylic oxidation sites excluding steroid dienone is 1. The van der Waals surface area contributed by atoms with Gasteiger partial charge in [-0.1, -0.05) is 50.1 Å². The largest absolute Gasteiger partial charge is 0.539 e. The third-order valence-corrected chi connectivity index (χ3v) is 16.5. The van der Waals surface area contributed by atoms with Gasteiger partial charge >= 0.3 is 30.4 Å². The monoisotopic (exact) mass is 1740 g/mol. The summed E-state index contributed by atoms with van der Waals surface area (Å²) in [4.78, 5) is 149. The molecule has 0 spiro atoms. The van der Waals surface area contributed by atoms with Crippen molar-refractivity contribution in [3.63, 3.8) is 0 Å². The molecule has 0 radical (unpaired) electrons. The van der Waals surface area contributed by atoms with Gasteiger partial charge in [-0.25, -0.2) is 19.2 Å². The number of anilines is 4. The van der Waals surface area contributed by atoms with E-state index in [4.69, 9.17) is 84.5 Å². The molecule has 5 aromatic rings. The highest BCUT2D eigenvalue weighted by molar-refractivity contribution is 6.05. The van der Waals surface area contributed by atoms with Gasteiger partial charge in [-0.2, -0.15) is 0 Å². The Morgan fingerprint density at radius 2 is 0.616 bits per heavy atom. The number of hydrogen-bond donors (Lipinski definition) is 11. The number of benzene rings is 5. The quantitative estimate of drug-likeness (QED) is 0.00444. The standard InChI is InChI=1S/C59H70N6O16.C15H14N2O6.C13H32N4O4/c1-39(2)51(66)34-43-11-19-48(20-12-43)79-56(71)60-27-31-75-36-59(35-74-30-9-10-52(67)78-47-21-13-44(14-22-47)63-53(68)40(3)4,37-76-32-28-61-57(72)80-49-23-15-45(16-24-49)64-54(69)41(5)6)38-77-33-29-62-58(73)81-50-25-17-46(18-26-50)65-55(70)42(7)8;1-9(2)14(20)16-10-3-5-11(6-4-10)22-15(21)23-17-12(18)7-8-13(17)19;14-1-5-18-9-13(10-19-6-2-15,11-20-7-3-16)12-21-8-4-17/h11-26H,1,3,5,7,9-10,27-38H2,2,4,6,8H3,(H,60,71)(H,61,72)(H,62,73)(H,63,68)(H,64,69)(H,65,70);3-6H,1,7-8H2,2H3,(H,16,20);1-12,14-17H2. The van der Waals surface area contributed by atoms with Crippen LogP contribution < -0.4 is 83.8 Å². The molecule has 1 heterocycles. The molecule has 0 unspecified atom stereocenters. The fourth-order valence-corrected chi connectivity index (χ4v) is 9.98. The molecule has 1 aliphatic rings. The Hall–Kier alpha value is -12.4. The molecule has 15 N–H and O–H groups in total. The number of nitrogens with two attached hydrogens (primary N) is 4. The van der Waals surface area contributed by atoms with Gasteiger partial charge in [0, 0.05) is 123 Å². The van der Waals surface area contributed by atoms with Crippen LogP contribution in [-0.4, -0.2) is 228 Å². The molecule has 0 saturated carbocycles. The SMILES string of the molecule is C=C(C)C(=O)Cc1ccc(OC(=O)NCCOCC(COCCCC(=O)Oc2ccc(NC(=O)C(=C)C)cc2)(COCCNC(=O)Oc2ccc(NC(=O)C(=C)C)cc2)COCCNC(=O)Oc2ccc(NC(=O)C(=C)C)cc2)cc1.C=C(C)C(=O)Nc1ccc(OC(=O)ON2C(=O)CCC2=O)cc1.NCCOCC(COCCN)(COCCN)COCCN. The molecule has 0 bridgehead atoms. The Morgan fingerprint density at radius 1 is 0.352 bits per heavy atom. The summed E-state index contributed by atoms with van der Waals surface area (Å²) >= 11 is 0. The van der Waals surface area contributed by atoms with Gasteiger partial charge in [0.15, 0.2) is 5.78 Å². The smallest absolute Gasteiger partial charge is 0.427 e. The molecule has 9 amide bonds. The first-order valence-electron chi connectivity index (χ1n) is 39.6. The van der Waals surface area contributed by atoms with E-state index in [-0.39, 0.29) is 163 Å². The van der Waals surface area contributed by atoms with Crippen LogP contribution in [-0.2, 0) is 87.5 Å². The van der Waals surface area contributed by atoms with E-state index in [0.717, 1.165) is 5.56 Å². The molecule has 1 saturated heterocycles. The summed E-state index contributed by atoms with van der Waals surface area (Å²) < 4.78 is 73.2. The average Bonchev–Trinajstić information content (AvgIpc) is 1.76. The van der Waals surface area contributed by atoms with Gasteiger partial charge in [-0.3, -0.25) is 43.2 Å². The van der Waals surface area contributed by atoms with Crippen molar-refractivity contribution in [2.45, 2.75) is 66.7 Å². The van der Waals surface area contributed by atoms with Gasteiger partial charge < -0.3 is 122 Å². The first-order valence-corrected chi connectivity index (χ1v) is 39.6. The highest BCUT2D eigenvalue weighted by Gasteiger charge is 2.36. The Morgan fingerprint density at radius 3 is 0.896 bits per heavy atom. The van der Waals surface area contributed by atoms with E-state index in [9.17, 15) is 57.5 Å². The zero-order chi connectivity index (χ0) is 92.0. The lowest BCUT2D eigenvalue weighted by molar-refractivity contribution is -0.174. The van der Waals surface area contributed by atoms with Crippen LogP contribution in [0.1, 0.15) is 65.9 Å². The summed E-state index contributed by atoms with van der Waals surface area (Å²) in [6.07, 6.45) is -3.08. The normalized spacial score (nSPS) is 11.5. The second-order valence-electron chi connectivity index (χ2n) is 28.2. The molecular formula is C87H116N12O26. The van der Waals surface area contributed by atoms with Crippen LogP contribution in [0.25, 0.3) is 0 Å². The van der Waals surface area contributed by atoms with Crippen molar-refractivity contribution in [2.75, 3.05) is 173 Å². The summed E-state index contributed by atoms with van der Waals surface area (Å²) in [6, 6.07) is 30.9. The molecule has 5 aromatic carbocycles. The van der Waals surface area contributed by atoms with Crippen LogP contribution in [0.5, 0.6) is 28.7 Å². The van der Waals surface area contributed by atoms with Crippen molar-refractivity contribution in [2.24, 2.45) is 33.8 Å². The highest BCUT2D eigenvalue weighted by Crippen LogP contribution is 2.26. The average molecular weight is 1750 g/mol. The van der Waals surface area contributed by atoms with Crippen LogP contribution in [0.4, 0.5) is 41.9 Å². The van der Waals surface area contributed by atoms with Gasteiger partial charge in [-0.15, -0.1) is 0 Å². The molecule has 0 aromatic heterocycles. The van der Waals surface area contributed by atoms with Crippen molar-refractivity contribution in [3.05, 3.63) is 188 Å². The first-order chi connectivity index (χ1) is 59.8. The molecule has 38 heteroatoms. The minimum atomic E-state index is -1.20. The van der Waals surface area contributed by atoms with E-state index in [1.807, 2.05) is 0 Å². The molecule has 1 fully saturated rings. The number of amides is 9. The number of Topliss-reactive ketones (excluding diaryl/α,β-unsaturated/α-hetero) is 1. The van der Waals surface area contributed by atoms with Gasteiger partial charge in [0.1, 0.15) is 28.7 Å². The zero-order valence-electron chi connectivity index (χ0n) is 71.3. The van der Waals surface area contributed by atoms with Crippen LogP contribution in [0.3, 0.4) is 0 Å². The van der Waals surface area contributed by atoms with Crippen molar-refractivity contribution in [1.29, 1.82) is 0 Å². The van der Waals surface area contributed by atoms with E-state index >= 15 is 0 Å². The minimum absolute atomic E-state index is 0.00320. The lowest BCUT2D eigenvalue weighted by Gasteiger charge is -2.33. The van der Waals surface area contributed by atoms with Crippen LogP contribution >= 0.6 is 0 Å². The second-order valence-corrected chi connectivity index (χ2v) is 28.2. The summed E-state index contributed by atoms with van der Waals surface area (Å²) in [5.41, 5.74) is 24.8. The van der Waals surface area contributed by atoms with Gasteiger partial charge in [0.05, 0.1) is 110 Å². The number of ether oxygens (including phenoxy) is 13. The highest BCUT2D eigenvalue weighted by atomic mass is 16.8. The lowest BCUT2D eigenvalue weighted by atomic mass is 9.92. The van der Waals surface area contributed by atoms with Crippen LogP contribution in [0, 0.1) is 10.8 Å². The minimum Gasteiger partial charge on any atom is -0.427 e. The van der Waals surface area contributed by atoms with E-state index in [0.29, 0.717) is 135 Å². The van der Waals surface area contributed by atoms with Crippen molar-refractivity contribution in [1.82, 2.24) is 21.0 Å². The maximum atomic E-state index is 12.8. The van der Waals surface area contributed by atoms with Gasteiger partial charge in [-0.05, 0) is 161 Å². The summed E-state index contributed by atoms with van der Waals surface area (Å²) in [7, 11) is 0. The molecule has 6 rings (SSSR count). The van der Waals surface area contributed by atoms with E-state index in [2.05, 4.69) is 74.9 Å². The van der Waals surface area contributed by atoms with E-state index in [1.165, 1.54) is 48.5 Å². The number of ketones is 1. The number of hydrogen-bond acceptors (Lipinski definition) is 30. The van der Waals surface area contributed by atoms with Crippen LogP contribution in [0.2, 0.25) is 0 Å². The number of carbonyl (C=O) groups is 12. The van der Waals surface area contributed by atoms with Crippen molar-refractivity contribution < 1.29 is 124 Å². The zero-order valence-corrected chi connectivity index (χ0v) is 71.3. The number of nitrogens with zero attached hydrogens (tertiary/aromatic N) is 1. The third-order valence-electron chi connectivity index (χ3n) is 16.5. The number of nitrogens with one attached hydrogen (secondary N) is 7. The number of rotatable bonds is 54. The fourth-order valence-electron chi connectivity index (χ4n) is 9.98. The molecule has 0 atom stereocenters. The molecule has 0 aliphatic carbocycles. The fraction of sp³-hybridized carbons (Fsp3) is 0.402. The Balaban J connectivity index is 0.000000598. The number of carbonyl (C=O) groups excluding carboxylic acids is 12. The topological polar surface area (TPSA) is 526 Å². The predicted molar refractivity (Wildman–Crippen MR) is 462 cm³/mol. The maximum Gasteiger partial charge on any atom is 0.539 e. The molecule has 38 nitrogen and oxygen atoms in total. The molecule has 125 heavy (non-hydrogen) atoms. The first kappa shape index (κ1) is 105. The van der Waals surface area contributed by atoms with Gasteiger partial charge in [0.25, 0.3) is 35.4 Å².